The quantitative estimate of drug-likeness (QED) is 0.874. The summed E-state index contributed by atoms with van der Waals surface area (Å²) >= 11 is 0. The fourth-order valence-electron chi connectivity index (χ4n) is 2.43. The van der Waals surface area contributed by atoms with Gasteiger partial charge in [-0.2, -0.15) is 0 Å². The van der Waals surface area contributed by atoms with Crippen molar-refractivity contribution in [1.29, 1.82) is 0 Å². The van der Waals surface area contributed by atoms with E-state index < -0.39 is 21.7 Å². The van der Waals surface area contributed by atoms with Gasteiger partial charge in [-0.05, 0) is 23.8 Å². The minimum atomic E-state index is -3.44. The van der Waals surface area contributed by atoms with Crippen molar-refractivity contribution in [3.8, 4) is 0 Å². The summed E-state index contributed by atoms with van der Waals surface area (Å²) in [5, 5.41) is 10.1. The van der Waals surface area contributed by atoms with Crippen molar-refractivity contribution in [2.45, 2.75) is 11.3 Å². The third-order valence-electron chi connectivity index (χ3n) is 3.52. The summed E-state index contributed by atoms with van der Waals surface area (Å²) < 4.78 is 23.6. The minimum Gasteiger partial charge on any atom is -0.481 e. The zero-order chi connectivity index (χ0) is 14.5. The predicted molar refractivity (Wildman–Crippen MR) is 70.8 cm³/mol. The standard InChI is InChI=1S/C13H11NO5S/c15-12-5-9(13(16)17)7-14(12)10-2-1-8-3-4-20(18,19)11(8)6-10/h1-4,6,9H,5,7H2,(H,16,17). The Hall–Kier alpha value is -2.15. The number of carbonyl (C=O) groups excluding carboxylic acids is 1. The maximum atomic E-state index is 11.8. The number of nitrogens with zero attached hydrogens (tertiary/aromatic N) is 1. The summed E-state index contributed by atoms with van der Waals surface area (Å²) in [7, 11) is -3.44. The van der Waals surface area contributed by atoms with E-state index in [2.05, 4.69) is 0 Å². The van der Waals surface area contributed by atoms with Gasteiger partial charge in [0, 0.05) is 24.1 Å². The Bertz CT molecular complexity index is 750. The Morgan fingerprint density at radius 1 is 1.35 bits per heavy atom. The van der Waals surface area contributed by atoms with E-state index >= 15 is 0 Å². The number of anilines is 1. The highest BCUT2D eigenvalue weighted by molar-refractivity contribution is 7.94. The summed E-state index contributed by atoms with van der Waals surface area (Å²) in [5.74, 6) is -2.07. The Morgan fingerprint density at radius 2 is 2.10 bits per heavy atom. The number of hydrogen-bond donors (Lipinski definition) is 1. The number of carboxylic acid groups (broad SMARTS) is 1. The van der Waals surface area contributed by atoms with E-state index in [9.17, 15) is 18.0 Å². The van der Waals surface area contributed by atoms with Crippen LogP contribution in [0.3, 0.4) is 0 Å². The van der Waals surface area contributed by atoms with Crippen molar-refractivity contribution < 1.29 is 23.1 Å². The Labute approximate surface area is 115 Å². The molecule has 1 atom stereocenters. The van der Waals surface area contributed by atoms with Crippen LogP contribution in [0.15, 0.2) is 28.5 Å². The smallest absolute Gasteiger partial charge is 0.308 e. The molecule has 6 nitrogen and oxygen atoms in total. The van der Waals surface area contributed by atoms with Crippen LogP contribution in [0.4, 0.5) is 5.69 Å². The van der Waals surface area contributed by atoms with Crippen molar-refractivity contribution in [1.82, 2.24) is 0 Å². The number of carbonyl (C=O) groups is 2. The molecule has 1 fully saturated rings. The SMILES string of the molecule is O=C(O)C1CC(=O)N(c2ccc3c(c2)S(=O)(=O)C=C3)C1. The van der Waals surface area contributed by atoms with Gasteiger partial charge in [0.25, 0.3) is 0 Å². The van der Waals surface area contributed by atoms with Crippen LogP contribution in [0.25, 0.3) is 6.08 Å². The second-order valence-corrected chi connectivity index (χ2v) is 6.62. The zero-order valence-corrected chi connectivity index (χ0v) is 11.1. The monoisotopic (exact) mass is 293 g/mol. The summed E-state index contributed by atoms with van der Waals surface area (Å²) in [6.07, 6.45) is 1.44. The van der Waals surface area contributed by atoms with Gasteiger partial charge in [-0.15, -0.1) is 0 Å². The highest BCUT2D eigenvalue weighted by atomic mass is 32.2. The first-order valence-corrected chi connectivity index (χ1v) is 7.53. The summed E-state index contributed by atoms with van der Waals surface area (Å²) in [4.78, 5) is 24.3. The van der Waals surface area contributed by atoms with Gasteiger partial charge < -0.3 is 10.0 Å². The molecule has 1 unspecified atom stereocenters. The highest BCUT2D eigenvalue weighted by Crippen LogP contribution is 2.33. The number of hydrogen-bond acceptors (Lipinski definition) is 4. The molecule has 3 rings (SSSR count). The molecule has 1 N–H and O–H groups in total. The number of benzene rings is 1. The van der Waals surface area contributed by atoms with Crippen LogP contribution in [-0.2, 0) is 19.4 Å². The number of fused-ring (bicyclic) bond motifs is 1. The highest BCUT2D eigenvalue weighted by Gasteiger charge is 2.35. The fourth-order valence-corrected chi connectivity index (χ4v) is 3.66. The number of sulfone groups is 1. The van der Waals surface area contributed by atoms with Gasteiger partial charge in [0.2, 0.25) is 15.7 Å². The van der Waals surface area contributed by atoms with Crippen LogP contribution in [0.5, 0.6) is 0 Å². The summed E-state index contributed by atoms with van der Waals surface area (Å²) in [6, 6.07) is 4.67. The summed E-state index contributed by atoms with van der Waals surface area (Å²) in [5.41, 5.74) is 1.000. The number of aliphatic carboxylic acids is 1. The van der Waals surface area contributed by atoms with Gasteiger partial charge >= 0.3 is 5.97 Å². The van der Waals surface area contributed by atoms with Crippen LogP contribution in [0.2, 0.25) is 0 Å². The lowest BCUT2D eigenvalue weighted by molar-refractivity contribution is -0.141. The van der Waals surface area contributed by atoms with Crippen molar-refractivity contribution in [2.24, 2.45) is 5.92 Å². The Morgan fingerprint density at radius 3 is 2.75 bits per heavy atom. The molecule has 0 saturated carbocycles. The molecule has 1 amide bonds. The van der Waals surface area contributed by atoms with Gasteiger partial charge in [-0.1, -0.05) is 6.07 Å². The van der Waals surface area contributed by atoms with Crippen LogP contribution in [0.1, 0.15) is 12.0 Å². The van der Waals surface area contributed by atoms with Crippen molar-refractivity contribution in [3.05, 3.63) is 29.2 Å². The molecule has 0 aliphatic carbocycles. The van der Waals surface area contributed by atoms with E-state index in [1.54, 1.807) is 12.1 Å². The molecule has 104 valence electrons. The molecular formula is C13H11NO5S. The fraction of sp³-hybridized carbons (Fsp3) is 0.231. The van der Waals surface area contributed by atoms with Crippen LogP contribution < -0.4 is 4.90 Å². The van der Waals surface area contributed by atoms with E-state index in [1.807, 2.05) is 0 Å². The second-order valence-electron chi connectivity index (χ2n) is 4.81. The lowest BCUT2D eigenvalue weighted by Crippen LogP contribution is -2.25. The molecule has 2 aliphatic rings. The van der Waals surface area contributed by atoms with Crippen LogP contribution in [-0.4, -0.2) is 31.9 Å². The van der Waals surface area contributed by atoms with E-state index in [1.165, 1.54) is 17.0 Å². The molecule has 1 saturated heterocycles. The number of amides is 1. The predicted octanol–water partition coefficient (Wildman–Crippen LogP) is 0.882. The molecular weight excluding hydrogens is 282 g/mol. The minimum absolute atomic E-state index is 0.0581. The Balaban J connectivity index is 1.98. The summed E-state index contributed by atoms with van der Waals surface area (Å²) in [6.45, 7) is 0.0699. The maximum absolute atomic E-state index is 11.8. The average Bonchev–Trinajstić information content (AvgIpc) is 2.91. The van der Waals surface area contributed by atoms with E-state index in [0.29, 0.717) is 11.3 Å². The Kier molecular flexibility index (Phi) is 2.68. The average molecular weight is 293 g/mol. The van der Waals surface area contributed by atoms with E-state index in [4.69, 9.17) is 5.11 Å². The molecule has 0 aromatic heterocycles. The topological polar surface area (TPSA) is 91.8 Å². The molecule has 0 bridgehead atoms. The van der Waals surface area contributed by atoms with Gasteiger partial charge in [-0.3, -0.25) is 9.59 Å². The molecule has 1 aromatic carbocycles. The molecule has 1 aromatic rings. The lowest BCUT2D eigenvalue weighted by atomic mass is 10.1. The van der Waals surface area contributed by atoms with Crippen molar-refractivity contribution in [3.63, 3.8) is 0 Å². The van der Waals surface area contributed by atoms with Gasteiger partial charge in [0.15, 0.2) is 0 Å². The van der Waals surface area contributed by atoms with E-state index in [-0.39, 0.29) is 23.8 Å². The van der Waals surface area contributed by atoms with Crippen LogP contribution in [0, 0.1) is 5.92 Å². The number of rotatable bonds is 2. The van der Waals surface area contributed by atoms with Gasteiger partial charge in [0.05, 0.1) is 10.8 Å². The molecule has 0 radical (unpaired) electrons. The van der Waals surface area contributed by atoms with Gasteiger partial charge in [0.1, 0.15) is 0 Å². The normalized spacial score (nSPS) is 23.1. The van der Waals surface area contributed by atoms with E-state index in [0.717, 1.165) is 5.41 Å². The van der Waals surface area contributed by atoms with Crippen LogP contribution >= 0.6 is 0 Å². The first-order chi connectivity index (χ1) is 9.38. The third kappa shape index (κ3) is 1.90. The second kappa shape index (κ2) is 4.17. The molecule has 0 spiro atoms. The molecule has 2 aliphatic heterocycles. The molecule has 20 heavy (non-hydrogen) atoms. The lowest BCUT2D eigenvalue weighted by Gasteiger charge is -2.17. The maximum Gasteiger partial charge on any atom is 0.308 e. The van der Waals surface area contributed by atoms with Gasteiger partial charge in [-0.25, -0.2) is 8.42 Å². The van der Waals surface area contributed by atoms with Crippen molar-refractivity contribution in [2.75, 3.05) is 11.4 Å². The number of carboxylic acids is 1. The molecule has 7 heteroatoms. The molecule has 2 heterocycles. The first-order valence-electron chi connectivity index (χ1n) is 5.99. The zero-order valence-electron chi connectivity index (χ0n) is 10.3. The van der Waals surface area contributed by atoms with Crippen molar-refractivity contribution >= 4 is 33.5 Å². The first kappa shape index (κ1) is 12.9. The third-order valence-corrected chi connectivity index (χ3v) is 4.98. The largest absolute Gasteiger partial charge is 0.481 e.